The van der Waals surface area contributed by atoms with Gasteiger partial charge in [0.15, 0.2) is 0 Å². The number of nitrogens with one attached hydrogen (secondary N) is 2. The van der Waals surface area contributed by atoms with Gasteiger partial charge in [-0.3, -0.25) is 14.4 Å². The van der Waals surface area contributed by atoms with Crippen molar-refractivity contribution in [3.63, 3.8) is 0 Å². The predicted molar refractivity (Wildman–Crippen MR) is 81.4 cm³/mol. The number of benzene rings is 1. The van der Waals surface area contributed by atoms with Crippen LogP contribution in [0.25, 0.3) is 0 Å². The highest BCUT2D eigenvalue weighted by atomic mass is 16.2. The number of rotatable bonds is 4. The molecule has 0 spiro atoms. The van der Waals surface area contributed by atoms with Crippen LogP contribution in [0.5, 0.6) is 0 Å². The fourth-order valence-corrected chi connectivity index (χ4v) is 2.78. The maximum absolute atomic E-state index is 12.3. The summed E-state index contributed by atoms with van der Waals surface area (Å²) < 4.78 is 0. The lowest BCUT2D eigenvalue weighted by molar-refractivity contribution is -0.128. The van der Waals surface area contributed by atoms with Gasteiger partial charge in [-0.05, 0) is 31.0 Å². The SMILES string of the molecule is CC(=O)Nc1cccc(C(=O)NC2CC(=O)N(C3CC3)C2)c1. The average Bonchev–Trinajstić information content (AvgIpc) is 3.23. The van der Waals surface area contributed by atoms with Crippen molar-refractivity contribution in [1.29, 1.82) is 0 Å². The largest absolute Gasteiger partial charge is 0.347 e. The van der Waals surface area contributed by atoms with E-state index in [2.05, 4.69) is 10.6 Å². The van der Waals surface area contributed by atoms with Crippen molar-refractivity contribution in [1.82, 2.24) is 10.2 Å². The lowest BCUT2D eigenvalue weighted by Gasteiger charge is -2.16. The van der Waals surface area contributed by atoms with Crippen LogP contribution in [-0.2, 0) is 9.59 Å². The molecule has 3 amide bonds. The van der Waals surface area contributed by atoms with Gasteiger partial charge in [-0.2, -0.15) is 0 Å². The zero-order valence-corrected chi connectivity index (χ0v) is 12.5. The first-order valence-corrected chi connectivity index (χ1v) is 7.51. The molecule has 1 saturated heterocycles. The zero-order valence-electron chi connectivity index (χ0n) is 12.5. The van der Waals surface area contributed by atoms with E-state index in [0.29, 0.717) is 30.3 Å². The maximum Gasteiger partial charge on any atom is 0.251 e. The van der Waals surface area contributed by atoms with Gasteiger partial charge in [0, 0.05) is 37.2 Å². The molecule has 6 heteroatoms. The summed E-state index contributed by atoms with van der Waals surface area (Å²) in [5.74, 6) is -0.276. The summed E-state index contributed by atoms with van der Waals surface area (Å²) in [6, 6.07) is 7.02. The lowest BCUT2D eigenvalue weighted by Crippen LogP contribution is -2.37. The predicted octanol–water partition coefficient (Wildman–Crippen LogP) is 1.14. The number of likely N-dealkylation sites (tertiary alicyclic amines) is 1. The van der Waals surface area contributed by atoms with Crippen molar-refractivity contribution in [2.45, 2.75) is 38.3 Å². The molecule has 1 atom stereocenters. The Morgan fingerprint density at radius 1 is 1.27 bits per heavy atom. The summed E-state index contributed by atoms with van der Waals surface area (Å²) in [7, 11) is 0. The molecule has 1 saturated carbocycles. The number of amides is 3. The number of hydrogen-bond donors (Lipinski definition) is 2. The Morgan fingerprint density at radius 2 is 2.05 bits per heavy atom. The van der Waals surface area contributed by atoms with Crippen LogP contribution in [0.1, 0.15) is 36.5 Å². The van der Waals surface area contributed by atoms with E-state index in [0.717, 1.165) is 12.8 Å². The summed E-state index contributed by atoms with van der Waals surface area (Å²) in [5.41, 5.74) is 1.06. The third-order valence-electron chi connectivity index (χ3n) is 3.93. The van der Waals surface area contributed by atoms with E-state index in [-0.39, 0.29) is 23.8 Å². The van der Waals surface area contributed by atoms with Crippen molar-refractivity contribution in [2.75, 3.05) is 11.9 Å². The Hall–Kier alpha value is -2.37. The minimum Gasteiger partial charge on any atom is -0.347 e. The Morgan fingerprint density at radius 3 is 2.73 bits per heavy atom. The maximum atomic E-state index is 12.3. The van der Waals surface area contributed by atoms with Gasteiger partial charge in [0.05, 0.1) is 6.04 Å². The van der Waals surface area contributed by atoms with Gasteiger partial charge in [-0.25, -0.2) is 0 Å². The van der Waals surface area contributed by atoms with Gasteiger partial charge < -0.3 is 15.5 Å². The van der Waals surface area contributed by atoms with E-state index in [1.165, 1.54) is 6.92 Å². The Balaban J connectivity index is 1.62. The van der Waals surface area contributed by atoms with Gasteiger partial charge >= 0.3 is 0 Å². The van der Waals surface area contributed by atoms with Crippen LogP contribution in [0, 0.1) is 0 Å². The first kappa shape index (κ1) is 14.6. The third kappa shape index (κ3) is 3.27. The summed E-state index contributed by atoms with van der Waals surface area (Å²) >= 11 is 0. The molecule has 2 aliphatic rings. The molecule has 1 aliphatic carbocycles. The van der Waals surface area contributed by atoms with Crippen LogP contribution in [0.2, 0.25) is 0 Å². The highest BCUT2D eigenvalue weighted by Gasteiger charge is 2.39. The van der Waals surface area contributed by atoms with Crippen LogP contribution in [0.3, 0.4) is 0 Å². The van der Waals surface area contributed by atoms with Gasteiger partial charge in [-0.15, -0.1) is 0 Å². The third-order valence-corrected chi connectivity index (χ3v) is 3.93. The molecular weight excluding hydrogens is 282 g/mol. The van der Waals surface area contributed by atoms with E-state index in [1.54, 1.807) is 24.3 Å². The van der Waals surface area contributed by atoms with Crippen molar-refractivity contribution in [3.8, 4) is 0 Å². The molecule has 0 bridgehead atoms. The van der Waals surface area contributed by atoms with E-state index >= 15 is 0 Å². The number of carbonyl (C=O) groups excluding carboxylic acids is 3. The molecule has 0 radical (unpaired) electrons. The molecule has 1 unspecified atom stereocenters. The number of nitrogens with zero attached hydrogens (tertiary/aromatic N) is 1. The topological polar surface area (TPSA) is 78.5 Å². The number of anilines is 1. The molecule has 22 heavy (non-hydrogen) atoms. The minimum absolute atomic E-state index is 0.125. The highest BCUT2D eigenvalue weighted by Crippen LogP contribution is 2.30. The second-order valence-electron chi connectivity index (χ2n) is 5.91. The van der Waals surface area contributed by atoms with E-state index in [1.807, 2.05) is 4.90 Å². The fourth-order valence-electron chi connectivity index (χ4n) is 2.78. The molecule has 6 nitrogen and oxygen atoms in total. The molecule has 1 aromatic rings. The molecule has 1 aromatic carbocycles. The lowest BCUT2D eigenvalue weighted by atomic mass is 10.1. The smallest absolute Gasteiger partial charge is 0.251 e. The number of hydrogen-bond acceptors (Lipinski definition) is 3. The van der Waals surface area contributed by atoms with Crippen molar-refractivity contribution >= 4 is 23.4 Å². The van der Waals surface area contributed by atoms with E-state index in [4.69, 9.17) is 0 Å². The Bertz CT molecular complexity index is 625. The minimum atomic E-state index is -0.220. The molecular formula is C16H19N3O3. The standard InChI is InChI=1S/C16H19N3O3/c1-10(20)17-12-4-2-3-11(7-12)16(22)18-13-8-15(21)19(9-13)14-5-6-14/h2-4,7,13-14H,5-6,8-9H2,1H3,(H,17,20)(H,18,22). The average molecular weight is 301 g/mol. The first-order chi connectivity index (χ1) is 10.5. The van der Waals surface area contributed by atoms with E-state index in [9.17, 15) is 14.4 Å². The van der Waals surface area contributed by atoms with Gasteiger partial charge in [-0.1, -0.05) is 6.07 Å². The van der Waals surface area contributed by atoms with Crippen LogP contribution in [0.15, 0.2) is 24.3 Å². The van der Waals surface area contributed by atoms with Crippen LogP contribution < -0.4 is 10.6 Å². The zero-order chi connectivity index (χ0) is 15.7. The molecule has 2 fully saturated rings. The molecule has 1 aliphatic heterocycles. The van der Waals surface area contributed by atoms with Crippen molar-refractivity contribution < 1.29 is 14.4 Å². The van der Waals surface area contributed by atoms with Crippen molar-refractivity contribution in [2.24, 2.45) is 0 Å². The quantitative estimate of drug-likeness (QED) is 0.875. The summed E-state index contributed by atoms with van der Waals surface area (Å²) in [6.07, 6.45) is 2.52. The summed E-state index contributed by atoms with van der Waals surface area (Å²) in [6.45, 7) is 2.02. The number of carbonyl (C=O) groups is 3. The Kier molecular flexibility index (Phi) is 3.83. The van der Waals surface area contributed by atoms with Gasteiger partial charge in [0.1, 0.15) is 0 Å². The Labute approximate surface area is 128 Å². The molecule has 3 rings (SSSR count). The molecule has 0 aromatic heterocycles. The highest BCUT2D eigenvalue weighted by molar-refractivity contribution is 5.97. The normalized spacial score (nSPS) is 20.9. The summed E-state index contributed by atoms with van der Waals surface area (Å²) in [4.78, 5) is 37.1. The molecule has 2 N–H and O–H groups in total. The fraction of sp³-hybridized carbons (Fsp3) is 0.438. The first-order valence-electron chi connectivity index (χ1n) is 7.51. The van der Waals surface area contributed by atoms with Gasteiger partial charge in [0.2, 0.25) is 11.8 Å². The molecule has 116 valence electrons. The van der Waals surface area contributed by atoms with Gasteiger partial charge in [0.25, 0.3) is 5.91 Å². The van der Waals surface area contributed by atoms with Crippen LogP contribution in [0.4, 0.5) is 5.69 Å². The van der Waals surface area contributed by atoms with Crippen molar-refractivity contribution in [3.05, 3.63) is 29.8 Å². The van der Waals surface area contributed by atoms with Crippen LogP contribution in [-0.4, -0.2) is 41.2 Å². The molecule has 1 heterocycles. The van der Waals surface area contributed by atoms with E-state index < -0.39 is 0 Å². The summed E-state index contributed by atoms with van der Waals surface area (Å²) in [5, 5.41) is 5.55. The second-order valence-corrected chi connectivity index (χ2v) is 5.91. The van der Waals surface area contributed by atoms with Crippen LogP contribution >= 0.6 is 0 Å². The monoisotopic (exact) mass is 301 g/mol. The second kappa shape index (κ2) is 5.79.